The number of amides is 2. The molecule has 2 amide bonds. The van der Waals surface area contributed by atoms with Crippen molar-refractivity contribution in [2.75, 3.05) is 50.4 Å². The fourth-order valence-electron chi connectivity index (χ4n) is 2.88. The van der Waals surface area contributed by atoms with Crippen LogP contribution in [0.2, 0.25) is 0 Å². The smallest absolute Gasteiger partial charge is 0.232 e. The molecule has 0 spiro atoms. The van der Waals surface area contributed by atoms with Gasteiger partial charge in [-0.3, -0.25) is 13.9 Å². The molecule has 0 aliphatic carbocycles. The van der Waals surface area contributed by atoms with Crippen molar-refractivity contribution in [2.45, 2.75) is 13.3 Å². The predicted molar refractivity (Wildman–Crippen MR) is 98.6 cm³/mol. The van der Waals surface area contributed by atoms with Crippen molar-refractivity contribution in [1.82, 2.24) is 9.80 Å². The Morgan fingerprint density at radius 3 is 2.31 bits per heavy atom. The van der Waals surface area contributed by atoms with Crippen LogP contribution in [0.15, 0.2) is 24.3 Å². The Morgan fingerprint density at radius 2 is 1.77 bits per heavy atom. The van der Waals surface area contributed by atoms with Gasteiger partial charge in [0.2, 0.25) is 21.8 Å². The molecule has 0 N–H and O–H groups in total. The number of carbonyl (C=O) groups is 2. The van der Waals surface area contributed by atoms with E-state index in [1.807, 2.05) is 0 Å². The summed E-state index contributed by atoms with van der Waals surface area (Å²) < 4.78 is 30.7. The third kappa shape index (κ3) is 5.10. The average Bonchev–Trinajstić information content (AvgIpc) is 2.60. The standard InChI is InChI=1S/C17H25N3O5S/c1-14(21)18-9-11-19(12-10-18)17(22)7-8-20(26(3,23)24)15-5-4-6-16(13-15)25-2/h4-6,13H,7-12H2,1-3H3. The molecule has 144 valence electrons. The largest absolute Gasteiger partial charge is 0.497 e. The van der Waals surface area contributed by atoms with Crippen LogP contribution in [-0.2, 0) is 19.6 Å². The molecule has 1 aliphatic heterocycles. The molecule has 0 aromatic heterocycles. The van der Waals surface area contributed by atoms with Crippen LogP contribution in [0, 0.1) is 0 Å². The van der Waals surface area contributed by atoms with E-state index in [1.54, 1.807) is 34.1 Å². The van der Waals surface area contributed by atoms with Crippen molar-refractivity contribution in [3.8, 4) is 5.75 Å². The maximum absolute atomic E-state index is 12.4. The van der Waals surface area contributed by atoms with Crippen LogP contribution in [0.3, 0.4) is 0 Å². The van der Waals surface area contributed by atoms with Gasteiger partial charge in [-0.05, 0) is 12.1 Å². The highest BCUT2D eigenvalue weighted by Crippen LogP contribution is 2.23. The molecule has 8 nitrogen and oxygen atoms in total. The number of benzene rings is 1. The van der Waals surface area contributed by atoms with Gasteiger partial charge in [0.25, 0.3) is 0 Å². The summed E-state index contributed by atoms with van der Waals surface area (Å²) >= 11 is 0. The second-order valence-electron chi connectivity index (χ2n) is 6.17. The second-order valence-corrected chi connectivity index (χ2v) is 8.08. The second kappa shape index (κ2) is 8.39. The maximum Gasteiger partial charge on any atom is 0.232 e. The first-order chi connectivity index (χ1) is 12.2. The molecule has 1 saturated heterocycles. The van der Waals surface area contributed by atoms with Gasteiger partial charge in [0.15, 0.2) is 0 Å². The zero-order valence-electron chi connectivity index (χ0n) is 15.3. The summed E-state index contributed by atoms with van der Waals surface area (Å²) in [5.41, 5.74) is 0.459. The number of methoxy groups -OCH3 is 1. The summed E-state index contributed by atoms with van der Waals surface area (Å²) in [5, 5.41) is 0. The molecule has 0 unspecified atom stereocenters. The Morgan fingerprint density at radius 1 is 1.15 bits per heavy atom. The number of hydrogen-bond acceptors (Lipinski definition) is 5. The average molecular weight is 383 g/mol. The lowest BCUT2D eigenvalue weighted by Gasteiger charge is -2.34. The minimum Gasteiger partial charge on any atom is -0.497 e. The molecule has 1 aromatic carbocycles. The third-order valence-corrected chi connectivity index (χ3v) is 5.54. The van der Waals surface area contributed by atoms with E-state index < -0.39 is 10.0 Å². The Balaban J connectivity index is 2.01. The molecular formula is C17H25N3O5S. The van der Waals surface area contributed by atoms with Gasteiger partial charge in [-0.2, -0.15) is 0 Å². The lowest BCUT2D eigenvalue weighted by Crippen LogP contribution is -2.50. The summed E-state index contributed by atoms with van der Waals surface area (Å²) in [7, 11) is -2.03. The van der Waals surface area contributed by atoms with Crippen LogP contribution in [0.1, 0.15) is 13.3 Å². The fourth-order valence-corrected chi connectivity index (χ4v) is 3.80. The van der Waals surface area contributed by atoms with E-state index in [0.717, 1.165) is 6.26 Å². The van der Waals surface area contributed by atoms with Gasteiger partial charge in [0, 0.05) is 52.1 Å². The lowest BCUT2D eigenvalue weighted by molar-refractivity contribution is -0.138. The highest BCUT2D eigenvalue weighted by Gasteiger charge is 2.24. The molecule has 2 rings (SSSR count). The van der Waals surface area contributed by atoms with Crippen LogP contribution in [0.25, 0.3) is 0 Å². The lowest BCUT2D eigenvalue weighted by atomic mass is 10.2. The Labute approximate surface area is 154 Å². The first-order valence-electron chi connectivity index (χ1n) is 8.37. The minimum atomic E-state index is -3.54. The predicted octanol–water partition coefficient (Wildman–Crippen LogP) is 0.542. The van der Waals surface area contributed by atoms with Gasteiger partial charge in [0.1, 0.15) is 5.75 Å². The number of nitrogens with zero attached hydrogens (tertiary/aromatic N) is 3. The highest BCUT2D eigenvalue weighted by molar-refractivity contribution is 7.92. The molecular weight excluding hydrogens is 358 g/mol. The minimum absolute atomic E-state index is 0.00150. The first kappa shape index (κ1) is 20.0. The Bertz CT molecular complexity index is 757. The number of hydrogen-bond donors (Lipinski definition) is 0. The molecule has 26 heavy (non-hydrogen) atoms. The van der Waals surface area contributed by atoms with Crippen molar-refractivity contribution in [2.24, 2.45) is 0 Å². The third-order valence-electron chi connectivity index (χ3n) is 4.35. The van der Waals surface area contributed by atoms with Gasteiger partial charge in [-0.25, -0.2) is 8.42 Å². The summed E-state index contributed by atoms with van der Waals surface area (Å²) in [6, 6.07) is 6.72. The Hall–Kier alpha value is -2.29. The normalized spacial score (nSPS) is 14.9. The molecule has 0 bridgehead atoms. The highest BCUT2D eigenvalue weighted by atomic mass is 32.2. The number of anilines is 1. The molecule has 1 fully saturated rings. The van der Waals surface area contributed by atoms with E-state index in [9.17, 15) is 18.0 Å². The van der Waals surface area contributed by atoms with Crippen LogP contribution in [0.4, 0.5) is 5.69 Å². The summed E-state index contributed by atoms with van der Waals surface area (Å²) in [4.78, 5) is 27.2. The monoisotopic (exact) mass is 383 g/mol. The van der Waals surface area contributed by atoms with E-state index >= 15 is 0 Å². The van der Waals surface area contributed by atoms with Gasteiger partial charge in [-0.1, -0.05) is 6.07 Å². The van der Waals surface area contributed by atoms with E-state index in [1.165, 1.54) is 18.3 Å². The van der Waals surface area contributed by atoms with E-state index in [4.69, 9.17) is 4.74 Å². The van der Waals surface area contributed by atoms with E-state index in [2.05, 4.69) is 0 Å². The number of rotatable bonds is 6. The van der Waals surface area contributed by atoms with Gasteiger partial charge < -0.3 is 14.5 Å². The van der Waals surface area contributed by atoms with Crippen molar-refractivity contribution < 1.29 is 22.7 Å². The number of carbonyl (C=O) groups excluding carboxylic acids is 2. The molecule has 1 aromatic rings. The van der Waals surface area contributed by atoms with Crippen molar-refractivity contribution >= 4 is 27.5 Å². The first-order valence-corrected chi connectivity index (χ1v) is 10.2. The fraction of sp³-hybridized carbons (Fsp3) is 0.529. The summed E-state index contributed by atoms with van der Waals surface area (Å²) in [6.07, 6.45) is 1.19. The van der Waals surface area contributed by atoms with Gasteiger partial charge >= 0.3 is 0 Å². The molecule has 0 radical (unpaired) electrons. The SMILES string of the molecule is COc1cccc(N(CCC(=O)N2CCN(C(C)=O)CC2)S(C)(=O)=O)c1. The Kier molecular flexibility index (Phi) is 6.47. The van der Waals surface area contributed by atoms with Crippen molar-refractivity contribution in [3.05, 3.63) is 24.3 Å². The quantitative estimate of drug-likeness (QED) is 0.716. The zero-order valence-corrected chi connectivity index (χ0v) is 16.2. The number of sulfonamides is 1. The van der Waals surface area contributed by atoms with Crippen LogP contribution in [0.5, 0.6) is 5.75 Å². The van der Waals surface area contributed by atoms with Gasteiger partial charge in [-0.15, -0.1) is 0 Å². The van der Waals surface area contributed by atoms with Crippen LogP contribution < -0.4 is 9.04 Å². The van der Waals surface area contributed by atoms with E-state index in [-0.39, 0.29) is 24.8 Å². The zero-order chi connectivity index (χ0) is 19.3. The molecule has 9 heteroatoms. The topological polar surface area (TPSA) is 87.2 Å². The molecule has 0 atom stereocenters. The number of piperazine rings is 1. The van der Waals surface area contributed by atoms with Crippen LogP contribution >= 0.6 is 0 Å². The molecule has 0 saturated carbocycles. The summed E-state index contributed by atoms with van der Waals surface area (Å²) in [5.74, 6) is 0.422. The number of ether oxygens (including phenoxy) is 1. The maximum atomic E-state index is 12.4. The van der Waals surface area contributed by atoms with Gasteiger partial charge in [0.05, 0.1) is 19.1 Å². The van der Waals surface area contributed by atoms with E-state index in [0.29, 0.717) is 37.6 Å². The summed E-state index contributed by atoms with van der Waals surface area (Å²) in [6.45, 7) is 3.51. The van der Waals surface area contributed by atoms with Crippen molar-refractivity contribution in [1.29, 1.82) is 0 Å². The van der Waals surface area contributed by atoms with Crippen molar-refractivity contribution in [3.63, 3.8) is 0 Å². The molecule has 1 heterocycles. The van der Waals surface area contributed by atoms with Crippen LogP contribution in [-0.4, -0.2) is 76.1 Å². The molecule has 1 aliphatic rings.